The highest BCUT2D eigenvalue weighted by atomic mass is 35.5. The minimum Gasteiger partial charge on any atom is -0.377 e. The number of aromatic nitrogens is 3. The number of aryl methyl sites for hydroxylation is 2. The Labute approximate surface area is 117 Å². The molecule has 3 rings (SSSR count). The largest absolute Gasteiger partial charge is 0.377 e. The van der Waals surface area contributed by atoms with E-state index in [0.29, 0.717) is 11.2 Å². The number of hydrogen-bond acceptors (Lipinski definition) is 3. The number of halogens is 1. The first-order chi connectivity index (χ1) is 9.15. The smallest absolute Gasteiger partial charge is 0.129 e. The fourth-order valence-corrected chi connectivity index (χ4v) is 2.92. The van der Waals surface area contributed by atoms with Gasteiger partial charge in [0.05, 0.1) is 23.6 Å². The minimum absolute atomic E-state index is 0.319. The summed E-state index contributed by atoms with van der Waals surface area (Å²) in [6, 6.07) is 4.14. The van der Waals surface area contributed by atoms with Crippen LogP contribution in [-0.2, 0) is 13.5 Å². The molecular weight excluding hydrogens is 260 g/mol. The molecule has 0 spiro atoms. The van der Waals surface area contributed by atoms with Gasteiger partial charge in [0.25, 0.3) is 0 Å². The van der Waals surface area contributed by atoms with E-state index in [1.165, 1.54) is 17.7 Å². The number of fused-ring (bicyclic) bond motifs is 1. The Bertz CT molecular complexity index is 605. The fourth-order valence-electron chi connectivity index (χ4n) is 2.73. The summed E-state index contributed by atoms with van der Waals surface area (Å²) in [6.45, 7) is 1.97. The van der Waals surface area contributed by atoms with E-state index < -0.39 is 0 Å². The second-order valence-corrected chi connectivity index (χ2v) is 5.41. The molecule has 0 saturated heterocycles. The van der Waals surface area contributed by atoms with Gasteiger partial charge in [-0.05, 0) is 38.3 Å². The second kappa shape index (κ2) is 4.85. The van der Waals surface area contributed by atoms with Crippen LogP contribution in [0.1, 0.15) is 35.8 Å². The molecule has 0 bridgehead atoms. The summed E-state index contributed by atoms with van der Waals surface area (Å²) in [6.07, 6.45) is 5.40. The molecule has 1 aliphatic rings. The van der Waals surface area contributed by atoms with E-state index in [0.717, 1.165) is 24.2 Å². The summed E-state index contributed by atoms with van der Waals surface area (Å²) in [5, 5.41) is 8.47. The number of hydrogen-bond donors (Lipinski definition) is 1. The van der Waals surface area contributed by atoms with Gasteiger partial charge in [-0.15, -0.1) is 0 Å². The Hall–Kier alpha value is -1.55. The third-order valence-corrected chi connectivity index (χ3v) is 3.97. The molecule has 4 nitrogen and oxygen atoms in total. The standard InChI is InChI=1S/C14H17ClN4/c1-9-11(6-7-14(15)17-9)18-12-4-3-5-13-10(12)8-16-19(13)2/h6-8,12,18H,3-5H2,1-2H3. The van der Waals surface area contributed by atoms with Gasteiger partial charge in [-0.3, -0.25) is 4.68 Å². The highest BCUT2D eigenvalue weighted by Crippen LogP contribution is 2.32. The zero-order valence-electron chi connectivity index (χ0n) is 11.2. The normalized spacial score (nSPS) is 18.2. The van der Waals surface area contributed by atoms with Crippen LogP contribution in [0.15, 0.2) is 18.3 Å². The number of rotatable bonds is 2. The lowest BCUT2D eigenvalue weighted by Crippen LogP contribution is -2.18. The van der Waals surface area contributed by atoms with E-state index in [4.69, 9.17) is 11.6 Å². The van der Waals surface area contributed by atoms with E-state index in [1.807, 2.05) is 37.0 Å². The van der Waals surface area contributed by atoms with Gasteiger partial charge in [-0.2, -0.15) is 5.10 Å². The van der Waals surface area contributed by atoms with Crippen molar-refractivity contribution in [1.82, 2.24) is 14.8 Å². The lowest BCUT2D eigenvalue weighted by atomic mass is 9.93. The summed E-state index contributed by atoms with van der Waals surface area (Å²) >= 11 is 5.89. The quantitative estimate of drug-likeness (QED) is 0.856. The first-order valence-corrected chi connectivity index (χ1v) is 6.93. The van der Waals surface area contributed by atoms with Crippen molar-refractivity contribution in [3.63, 3.8) is 0 Å². The van der Waals surface area contributed by atoms with Gasteiger partial charge < -0.3 is 5.32 Å². The summed E-state index contributed by atoms with van der Waals surface area (Å²) < 4.78 is 1.98. The van der Waals surface area contributed by atoms with Crippen molar-refractivity contribution in [2.75, 3.05) is 5.32 Å². The molecule has 5 heteroatoms. The van der Waals surface area contributed by atoms with Crippen LogP contribution in [0.25, 0.3) is 0 Å². The number of nitrogens with one attached hydrogen (secondary N) is 1. The Morgan fingerprint density at radius 3 is 3.05 bits per heavy atom. The van der Waals surface area contributed by atoms with Crippen LogP contribution in [-0.4, -0.2) is 14.8 Å². The first kappa shape index (κ1) is 12.5. The second-order valence-electron chi connectivity index (χ2n) is 5.03. The van der Waals surface area contributed by atoms with Crippen molar-refractivity contribution in [2.45, 2.75) is 32.2 Å². The molecule has 1 atom stereocenters. The summed E-state index contributed by atoms with van der Waals surface area (Å²) in [5.41, 5.74) is 4.63. The summed E-state index contributed by atoms with van der Waals surface area (Å²) in [5.74, 6) is 0. The molecule has 1 N–H and O–H groups in total. The van der Waals surface area contributed by atoms with Gasteiger partial charge in [0.15, 0.2) is 0 Å². The number of nitrogens with zero attached hydrogens (tertiary/aromatic N) is 3. The van der Waals surface area contributed by atoms with Gasteiger partial charge in [0, 0.05) is 18.3 Å². The topological polar surface area (TPSA) is 42.7 Å². The highest BCUT2D eigenvalue weighted by Gasteiger charge is 2.23. The molecule has 2 heterocycles. The monoisotopic (exact) mass is 276 g/mol. The summed E-state index contributed by atoms with van der Waals surface area (Å²) in [7, 11) is 2.01. The third kappa shape index (κ3) is 2.32. The van der Waals surface area contributed by atoms with Crippen molar-refractivity contribution in [3.8, 4) is 0 Å². The Kier molecular flexibility index (Phi) is 3.19. The molecule has 19 heavy (non-hydrogen) atoms. The number of anilines is 1. The highest BCUT2D eigenvalue weighted by molar-refractivity contribution is 6.29. The molecule has 1 unspecified atom stereocenters. The van der Waals surface area contributed by atoms with Gasteiger partial charge >= 0.3 is 0 Å². The first-order valence-electron chi connectivity index (χ1n) is 6.55. The molecule has 1 aliphatic carbocycles. The van der Waals surface area contributed by atoms with Crippen LogP contribution >= 0.6 is 11.6 Å². The van der Waals surface area contributed by atoms with Gasteiger partial charge in [0.2, 0.25) is 0 Å². The minimum atomic E-state index is 0.319. The van der Waals surface area contributed by atoms with Crippen molar-refractivity contribution < 1.29 is 0 Å². The lowest BCUT2D eigenvalue weighted by molar-refractivity contribution is 0.571. The van der Waals surface area contributed by atoms with Crippen molar-refractivity contribution in [2.24, 2.45) is 7.05 Å². The zero-order valence-corrected chi connectivity index (χ0v) is 11.9. The van der Waals surface area contributed by atoms with Gasteiger partial charge in [0.1, 0.15) is 5.15 Å². The zero-order chi connectivity index (χ0) is 13.4. The van der Waals surface area contributed by atoms with Crippen molar-refractivity contribution in [1.29, 1.82) is 0 Å². The van der Waals surface area contributed by atoms with E-state index in [1.54, 1.807) is 0 Å². The molecule has 0 saturated carbocycles. The van der Waals surface area contributed by atoms with E-state index in [2.05, 4.69) is 15.4 Å². The Morgan fingerprint density at radius 1 is 1.42 bits per heavy atom. The molecule has 0 aliphatic heterocycles. The summed E-state index contributed by atoms with van der Waals surface area (Å²) in [4.78, 5) is 4.28. The average molecular weight is 277 g/mol. The maximum Gasteiger partial charge on any atom is 0.129 e. The molecule has 0 amide bonds. The van der Waals surface area contributed by atoms with Gasteiger partial charge in [-0.25, -0.2) is 4.98 Å². The number of pyridine rings is 1. The van der Waals surface area contributed by atoms with E-state index >= 15 is 0 Å². The molecular formula is C14H17ClN4. The van der Waals surface area contributed by atoms with Gasteiger partial charge in [-0.1, -0.05) is 11.6 Å². The van der Waals surface area contributed by atoms with Crippen LogP contribution in [0.2, 0.25) is 5.15 Å². The maximum absolute atomic E-state index is 5.89. The predicted molar refractivity (Wildman–Crippen MR) is 76.5 cm³/mol. The molecule has 2 aromatic rings. The van der Waals surface area contributed by atoms with Crippen LogP contribution < -0.4 is 5.32 Å². The average Bonchev–Trinajstić information content (AvgIpc) is 2.76. The van der Waals surface area contributed by atoms with Crippen LogP contribution in [0.3, 0.4) is 0 Å². The lowest BCUT2D eigenvalue weighted by Gasteiger charge is -2.25. The molecule has 0 fully saturated rings. The SMILES string of the molecule is Cc1nc(Cl)ccc1NC1CCCc2c1cnn2C. The van der Waals surface area contributed by atoms with Crippen molar-refractivity contribution in [3.05, 3.63) is 40.4 Å². The molecule has 0 radical (unpaired) electrons. The fraction of sp³-hybridized carbons (Fsp3) is 0.429. The Balaban J connectivity index is 1.88. The maximum atomic E-state index is 5.89. The molecule has 0 aromatic carbocycles. The molecule has 100 valence electrons. The van der Waals surface area contributed by atoms with Crippen LogP contribution in [0.5, 0.6) is 0 Å². The Morgan fingerprint density at radius 2 is 2.26 bits per heavy atom. The predicted octanol–water partition coefficient (Wildman–Crippen LogP) is 3.27. The van der Waals surface area contributed by atoms with E-state index in [-0.39, 0.29) is 0 Å². The molecule has 2 aromatic heterocycles. The van der Waals surface area contributed by atoms with E-state index in [9.17, 15) is 0 Å². The van der Waals surface area contributed by atoms with Crippen LogP contribution in [0.4, 0.5) is 5.69 Å². The third-order valence-electron chi connectivity index (χ3n) is 3.76. The van der Waals surface area contributed by atoms with Crippen molar-refractivity contribution >= 4 is 17.3 Å². The van der Waals surface area contributed by atoms with Crippen LogP contribution in [0, 0.1) is 6.92 Å².